The fourth-order valence-electron chi connectivity index (χ4n) is 5.00. The van der Waals surface area contributed by atoms with Crippen molar-refractivity contribution in [1.82, 2.24) is 40.5 Å². The Labute approximate surface area is 275 Å². The van der Waals surface area contributed by atoms with E-state index in [1.165, 1.54) is 4.80 Å². The summed E-state index contributed by atoms with van der Waals surface area (Å²) in [5, 5.41) is 14.0. The molecule has 0 saturated heterocycles. The van der Waals surface area contributed by atoms with Crippen LogP contribution in [0.4, 0.5) is 0 Å². The predicted molar refractivity (Wildman–Crippen MR) is 171 cm³/mol. The largest absolute Gasteiger partial charge is 0.462 e. The Kier molecular flexibility index (Phi) is 11.3. The molecule has 2 aromatic heterocycles. The average molecular weight is 663 g/mol. The molecule has 16 heteroatoms. The van der Waals surface area contributed by atoms with Gasteiger partial charge in [-0.1, -0.05) is 40.9 Å². The molecule has 1 aromatic carbocycles. The molecule has 4 rings (SSSR count). The van der Waals surface area contributed by atoms with Crippen LogP contribution in [0.15, 0.2) is 37.4 Å². The first-order chi connectivity index (χ1) is 22.8. The highest BCUT2D eigenvalue weighted by atomic mass is 16.5. The third-order valence-corrected chi connectivity index (χ3v) is 7.21. The molecule has 0 spiro atoms. The van der Waals surface area contributed by atoms with Crippen molar-refractivity contribution in [3.8, 4) is 0 Å². The smallest absolute Gasteiger partial charge is 0.332 e. The highest BCUT2D eigenvalue weighted by molar-refractivity contribution is 6.21. The van der Waals surface area contributed by atoms with E-state index in [0.717, 1.165) is 17.1 Å². The van der Waals surface area contributed by atoms with Crippen LogP contribution >= 0.6 is 0 Å². The van der Waals surface area contributed by atoms with Crippen molar-refractivity contribution >= 4 is 57.6 Å². The van der Waals surface area contributed by atoms with Crippen molar-refractivity contribution in [3.05, 3.63) is 48.8 Å². The first-order valence-electron chi connectivity index (χ1n) is 15.4. The Balaban J connectivity index is 1.59. The zero-order valence-corrected chi connectivity index (χ0v) is 27.2. The molecular weight excluding hydrogens is 624 g/mol. The van der Waals surface area contributed by atoms with Gasteiger partial charge in [-0.05, 0) is 49.0 Å². The summed E-state index contributed by atoms with van der Waals surface area (Å²) in [6.45, 7) is 14.2. The van der Waals surface area contributed by atoms with Gasteiger partial charge < -0.3 is 20.1 Å². The molecule has 0 fully saturated rings. The molecular formula is C32H38N8O8. The number of carbonyl (C=O) groups excluding carboxylic acids is 6. The second kappa shape index (κ2) is 15.4. The number of fused-ring (bicyclic) bond motifs is 3. The lowest BCUT2D eigenvalue weighted by molar-refractivity contribution is -0.149. The van der Waals surface area contributed by atoms with Crippen molar-refractivity contribution in [2.75, 3.05) is 26.3 Å². The van der Waals surface area contributed by atoms with E-state index < -0.39 is 41.7 Å². The van der Waals surface area contributed by atoms with Crippen LogP contribution in [0.2, 0.25) is 0 Å². The third kappa shape index (κ3) is 8.05. The maximum absolute atomic E-state index is 13.5. The summed E-state index contributed by atoms with van der Waals surface area (Å²) in [6, 6.07) is 0.983. The van der Waals surface area contributed by atoms with Gasteiger partial charge in [0.1, 0.15) is 30.3 Å². The molecule has 1 aliphatic heterocycles. The lowest BCUT2D eigenvalue weighted by atomic mass is 10.0. The summed E-state index contributed by atoms with van der Waals surface area (Å²) in [4.78, 5) is 86.9. The van der Waals surface area contributed by atoms with Gasteiger partial charge in [0.15, 0.2) is 17.4 Å². The Morgan fingerprint density at radius 1 is 0.729 bits per heavy atom. The van der Waals surface area contributed by atoms with E-state index in [1.54, 1.807) is 12.1 Å². The highest BCUT2D eigenvalue weighted by Gasteiger charge is 2.46. The van der Waals surface area contributed by atoms with Crippen molar-refractivity contribution in [2.45, 2.75) is 52.6 Å². The number of aromatic nitrogens is 5. The minimum Gasteiger partial charge on any atom is -0.462 e. The monoisotopic (exact) mass is 662 g/mol. The van der Waals surface area contributed by atoms with Crippen LogP contribution < -0.4 is 10.6 Å². The number of rotatable bonds is 16. The predicted octanol–water partition coefficient (Wildman–Crippen LogP) is 1.66. The number of amides is 4. The summed E-state index contributed by atoms with van der Waals surface area (Å²) in [6.07, 6.45) is 2.70. The van der Waals surface area contributed by atoms with Gasteiger partial charge >= 0.3 is 11.9 Å². The third-order valence-electron chi connectivity index (χ3n) is 7.21. The Bertz CT molecular complexity index is 1710. The number of hydrogen-bond acceptors (Lipinski definition) is 12. The number of carbonyl (C=O) groups is 6. The SMILES string of the molecule is C=CC(=O)NCCOC(=O)C(CC(C)C)N1C(=O)c2nc3cc4nn(C(CC(C)C)C(=O)OCCNC(=O)C=C)nc4cc3nc2C1=O. The molecule has 254 valence electrons. The maximum atomic E-state index is 13.5. The van der Waals surface area contributed by atoms with E-state index >= 15 is 0 Å². The molecule has 3 heterocycles. The van der Waals surface area contributed by atoms with E-state index in [1.807, 2.05) is 27.7 Å². The zero-order chi connectivity index (χ0) is 35.1. The molecule has 2 N–H and O–H groups in total. The van der Waals surface area contributed by atoms with Crippen LogP contribution in [0, 0.1) is 11.8 Å². The summed E-state index contributed by atoms with van der Waals surface area (Å²) in [5.74, 6) is -3.79. The minimum absolute atomic E-state index is 0.0228. The number of esters is 2. The molecule has 0 saturated carbocycles. The van der Waals surface area contributed by atoms with E-state index in [2.05, 4.69) is 44.0 Å². The molecule has 0 radical (unpaired) electrons. The molecule has 3 aromatic rings. The highest BCUT2D eigenvalue weighted by Crippen LogP contribution is 2.29. The van der Waals surface area contributed by atoms with Crippen LogP contribution in [0.25, 0.3) is 22.1 Å². The molecule has 0 aliphatic carbocycles. The number of nitrogens with zero attached hydrogens (tertiary/aromatic N) is 6. The van der Waals surface area contributed by atoms with Crippen LogP contribution in [-0.4, -0.2) is 97.8 Å². The molecule has 2 atom stereocenters. The van der Waals surface area contributed by atoms with Gasteiger partial charge in [0.2, 0.25) is 11.8 Å². The van der Waals surface area contributed by atoms with Gasteiger partial charge in [0.05, 0.1) is 24.1 Å². The first kappa shape index (κ1) is 35.3. The van der Waals surface area contributed by atoms with E-state index in [9.17, 15) is 28.8 Å². The Morgan fingerprint density at radius 2 is 1.15 bits per heavy atom. The Morgan fingerprint density at radius 3 is 1.56 bits per heavy atom. The van der Waals surface area contributed by atoms with Gasteiger partial charge in [-0.2, -0.15) is 15.0 Å². The summed E-state index contributed by atoms with van der Waals surface area (Å²) in [5.41, 5.74) is 0.772. The summed E-state index contributed by atoms with van der Waals surface area (Å²) in [7, 11) is 0. The van der Waals surface area contributed by atoms with Crippen LogP contribution in [0.5, 0.6) is 0 Å². The van der Waals surface area contributed by atoms with E-state index in [-0.39, 0.29) is 72.9 Å². The number of ether oxygens (including phenoxy) is 2. The van der Waals surface area contributed by atoms with Gasteiger partial charge in [0, 0.05) is 0 Å². The zero-order valence-electron chi connectivity index (χ0n) is 27.2. The first-order valence-corrected chi connectivity index (χ1v) is 15.4. The van der Waals surface area contributed by atoms with Crippen molar-refractivity contribution in [1.29, 1.82) is 0 Å². The molecule has 16 nitrogen and oxygen atoms in total. The second-order valence-corrected chi connectivity index (χ2v) is 11.9. The maximum Gasteiger partial charge on any atom is 0.332 e. The number of benzene rings is 1. The quantitative estimate of drug-likeness (QED) is 0.0973. The number of nitrogens with one attached hydrogen (secondary N) is 2. The molecule has 48 heavy (non-hydrogen) atoms. The summed E-state index contributed by atoms with van der Waals surface area (Å²) < 4.78 is 10.7. The van der Waals surface area contributed by atoms with Crippen LogP contribution in [0.3, 0.4) is 0 Å². The van der Waals surface area contributed by atoms with E-state index in [4.69, 9.17) is 9.47 Å². The fraction of sp³-hybridized carbons (Fsp3) is 0.438. The van der Waals surface area contributed by atoms with Crippen molar-refractivity contribution in [2.24, 2.45) is 11.8 Å². The van der Waals surface area contributed by atoms with Crippen LogP contribution in [-0.2, 0) is 28.7 Å². The van der Waals surface area contributed by atoms with Gasteiger partial charge in [-0.25, -0.2) is 19.6 Å². The van der Waals surface area contributed by atoms with Gasteiger partial charge in [-0.15, -0.1) is 0 Å². The van der Waals surface area contributed by atoms with Crippen molar-refractivity contribution < 1.29 is 38.2 Å². The molecule has 1 aliphatic rings. The lowest BCUT2D eigenvalue weighted by Gasteiger charge is -2.25. The second-order valence-electron chi connectivity index (χ2n) is 11.9. The molecule has 4 amide bonds. The van der Waals surface area contributed by atoms with E-state index in [0.29, 0.717) is 17.5 Å². The van der Waals surface area contributed by atoms with Crippen molar-refractivity contribution in [3.63, 3.8) is 0 Å². The number of hydrogen-bond donors (Lipinski definition) is 2. The van der Waals surface area contributed by atoms with Crippen LogP contribution in [0.1, 0.15) is 67.6 Å². The standard InChI is InChI=1S/C32H38N8O8/c1-7-25(41)33-9-11-47-31(45)23(13-17(3)4)39-29(43)27-28(30(39)44)36-20-16-22-21(15-19(20)35-27)37-40(38-22)24(14-18(5)6)32(46)48-12-10-34-26(42)8-2/h7-8,15-18,23-24H,1-2,9-14H2,3-6H3,(H,33,41)(H,34,42). The molecule has 2 unspecified atom stereocenters. The van der Waals surface area contributed by atoms with Gasteiger partial charge in [0.25, 0.3) is 11.8 Å². The normalized spacial score (nSPS) is 13.8. The Hall–Kier alpha value is -5.54. The summed E-state index contributed by atoms with van der Waals surface area (Å²) >= 11 is 0. The topological polar surface area (TPSA) is 205 Å². The van der Waals surface area contributed by atoms with Gasteiger partial charge in [-0.3, -0.25) is 24.1 Å². The number of imide groups is 1. The minimum atomic E-state index is -1.24. The lowest BCUT2D eigenvalue weighted by Crippen LogP contribution is -2.47. The fourth-order valence-corrected chi connectivity index (χ4v) is 5.00. The average Bonchev–Trinajstić information content (AvgIpc) is 3.56. The molecule has 0 bridgehead atoms.